The van der Waals surface area contributed by atoms with E-state index in [1.807, 2.05) is 24.3 Å². The number of halogens is 1. The summed E-state index contributed by atoms with van der Waals surface area (Å²) < 4.78 is 5.37. The number of benzene rings is 1. The van der Waals surface area contributed by atoms with Crippen molar-refractivity contribution in [2.75, 3.05) is 0 Å². The zero-order valence-corrected chi connectivity index (χ0v) is 12.9. The smallest absolute Gasteiger partial charge is 0.231 e. The van der Waals surface area contributed by atoms with Crippen molar-refractivity contribution >= 4 is 11.6 Å². The molecule has 0 radical (unpaired) electrons. The SMILES string of the molecule is CC1CCC(N)(c2noc(Cc3ccc(Cl)cc3)n2)CC1. The molecule has 5 heteroatoms. The minimum Gasteiger partial charge on any atom is -0.339 e. The maximum Gasteiger partial charge on any atom is 0.231 e. The zero-order chi connectivity index (χ0) is 14.9. The van der Waals surface area contributed by atoms with Crippen LogP contribution >= 0.6 is 11.6 Å². The van der Waals surface area contributed by atoms with Gasteiger partial charge in [0.15, 0.2) is 5.82 Å². The second kappa shape index (κ2) is 5.78. The molecule has 0 amide bonds. The van der Waals surface area contributed by atoms with Gasteiger partial charge in [0.2, 0.25) is 5.89 Å². The fourth-order valence-electron chi connectivity index (χ4n) is 2.81. The van der Waals surface area contributed by atoms with E-state index in [0.29, 0.717) is 18.1 Å². The summed E-state index contributed by atoms with van der Waals surface area (Å²) in [5.41, 5.74) is 7.14. The van der Waals surface area contributed by atoms with Gasteiger partial charge in [-0.25, -0.2) is 0 Å². The lowest BCUT2D eigenvalue weighted by molar-refractivity contribution is 0.230. The van der Waals surface area contributed by atoms with Crippen LogP contribution in [0.2, 0.25) is 5.02 Å². The van der Waals surface area contributed by atoms with Crippen molar-refractivity contribution in [2.45, 2.75) is 44.6 Å². The highest BCUT2D eigenvalue weighted by Gasteiger charge is 2.36. The zero-order valence-electron chi connectivity index (χ0n) is 12.2. The number of nitrogens with zero attached hydrogens (tertiary/aromatic N) is 2. The van der Waals surface area contributed by atoms with Crippen LogP contribution in [0.25, 0.3) is 0 Å². The first-order chi connectivity index (χ1) is 10.0. The minimum absolute atomic E-state index is 0.422. The fraction of sp³-hybridized carbons (Fsp3) is 0.500. The van der Waals surface area contributed by atoms with Crippen LogP contribution in [-0.4, -0.2) is 10.1 Å². The number of hydrogen-bond acceptors (Lipinski definition) is 4. The molecule has 1 aromatic carbocycles. The van der Waals surface area contributed by atoms with E-state index in [0.717, 1.165) is 42.2 Å². The van der Waals surface area contributed by atoms with Gasteiger partial charge in [-0.2, -0.15) is 4.98 Å². The van der Waals surface area contributed by atoms with Crippen molar-refractivity contribution in [1.82, 2.24) is 10.1 Å². The van der Waals surface area contributed by atoms with E-state index >= 15 is 0 Å². The lowest BCUT2D eigenvalue weighted by Crippen LogP contribution is -2.41. The van der Waals surface area contributed by atoms with Gasteiger partial charge in [-0.1, -0.05) is 35.8 Å². The molecule has 2 N–H and O–H groups in total. The molecule has 1 aliphatic carbocycles. The summed E-state index contributed by atoms with van der Waals surface area (Å²) in [6.07, 6.45) is 4.70. The summed E-state index contributed by atoms with van der Waals surface area (Å²) in [5.74, 6) is 2.00. The van der Waals surface area contributed by atoms with Crippen molar-refractivity contribution in [1.29, 1.82) is 0 Å². The van der Waals surface area contributed by atoms with Gasteiger partial charge in [-0.15, -0.1) is 0 Å². The standard InChI is InChI=1S/C16H20ClN3O/c1-11-6-8-16(18,9-7-11)15-19-14(21-20-15)10-12-2-4-13(17)5-3-12/h2-5,11H,6-10,18H2,1H3. The van der Waals surface area contributed by atoms with Crippen LogP contribution < -0.4 is 5.73 Å². The van der Waals surface area contributed by atoms with E-state index in [-0.39, 0.29) is 0 Å². The Kier molecular flexibility index (Phi) is 4.00. The van der Waals surface area contributed by atoms with Gasteiger partial charge < -0.3 is 10.3 Å². The summed E-state index contributed by atoms with van der Waals surface area (Å²) in [4.78, 5) is 4.51. The first-order valence-electron chi connectivity index (χ1n) is 7.41. The molecule has 112 valence electrons. The number of hydrogen-bond donors (Lipinski definition) is 1. The summed E-state index contributed by atoms with van der Waals surface area (Å²) in [5, 5.41) is 4.84. The summed E-state index contributed by atoms with van der Waals surface area (Å²) in [6.45, 7) is 2.27. The largest absolute Gasteiger partial charge is 0.339 e. The molecule has 3 rings (SSSR count). The van der Waals surface area contributed by atoms with Crippen LogP contribution in [0.5, 0.6) is 0 Å². The predicted octanol–water partition coefficient (Wildman–Crippen LogP) is 3.68. The average molecular weight is 306 g/mol. The van der Waals surface area contributed by atoms with Crippen LogP contribution in [0.3, 0.4) is 0 Å². The summed E-state index contributed by atoms with van der Waals surface area (Å²) in [7, 11) is 0. The normalized spacial score (nSPS) is 26.0. The highest BCUT2D eigenvalue weighted by atomic mass is 35.5. The molecule has 4 nitrogen and oxygen atoms in total. The lowest BCUT2D eigenvalue weighted by Gasteiger charge is -2.33. The quantitative estimate of drug-likeness (QED) is 0.939. The van der Waals surface area contributed by atoms with E-state index in [9.17, 15) is 0 Å². The molecule has 0 unspecified atom stereocenters. The molecule has 0 bridgehead atoms. The van der Waals surface area contributed by atoms with Gasteiger partial charge in [0.1, 0.15) is 0 Å². The van der Waals surface area contributed by atoms with Crippen LogP contribution in [0.4, 0.5) is 0 Å². The number of nitrogens with two attached hydrogens (primary N) is 1. The molecule has 0 spiro atoms. The minimum atomic E-state index is -0.422. The molecule has 1 aliphatic rings. The molecule has 21 heavy (non-hydrogen) atoms. The average Bonchev–Trinajstić information content (AvgIpc) is 2.94. The second-order valence-electron chi connectivity index (χ2n) is 6.15. The summed E-state index contributed by atoms with van der Waals surface area (Å²) >= 11 is 5.88. The molecule has 2 aromatic rings. The van der Waals surface area contributed by atoms with E-state index in [4.69, 9.17) is 21.9 Å². The van der Waals surface area contributed by atoms with Crippen molar-refractivity contribution in [3.8, 4) is 0 Å². The van der Waals surface area contributed by atoms with E-state index in [2.05, 4.69) is 17.1 Å². The van der Waals surface area contributed by atoms with Crippen molar-refractivity contribution in [3.63, 3.8) is 0 Å². The van der Waals surface area contributed by atoms with Gasteiger partial charge >= 0.3 is 0 Å². The maximum atomic E-state index is 6.47. The first-order valence-corrected chi connectivity index (χ1v) is 7.79. The van der Waals surface area contributed by atoms with Crippen LogP contribution in [0, 0.1) is 5.92 Å². The Balaban J connectivity index is 1.72. The predicted molar refractivity (Wildman–Crippen MR) is 82.1 cm³/mol. The van der Waals surface area contributed by atoms with E-state index in [1.165, 1.54) is 0 Å². The van der Waals surface area contributed by atoms with Crippen molar-refractivity contribution in [2.24, 2.45) is 11.7 Å². The molecule has 1 aromatic heterocycles. The highest BCUT2D eigenvalue weighted by molar-refractivity contribution is 6.30. The number of rotatable bonds is 3. The topological polar surface area (TPSA) is 64.9 Å². The van der Waals surface area contributed by atoms with Crippen molar-refractivity contribution in [3.05, 3.63) is 46.6 Å². The van der Waals surface area contributed by atoms with Gasteiger partial charge in [0.05, 0.1) is 12.0 Å². The van der Waals surface area contributed by atoms with Crippen LogP contribution in [0.15, 0.2) is 28.8 Å². The van der Waals surface area contributed by atoms with Crippen LogP contribution in [-0.2, 0) is 12.0 Å². The van der Waals surface area contributed by atoms with Gasteiger partial charge in [0.25, 0.3) is 0 Å². The molecular formula is C16H20ClN3O. The monoisotopic (exact) mass is 305 g/mol. The Bertz CT molecular complexity index is 600. The molecule has 1 saturated carbocycles. The molecule has 1 fully saturated rings. The third kappa shape index (κ3) is 3.27. The van der Waals surface area contributed by atoms with Crippen LogP contribution in [0.1, 0.15) is 49.9 Å². The van der Waals surface area contributed by atoms with Gasteiger partial charge in [-0.3, -0.25) is 0 Å². The fourth-order valence-corrected chi connectivity index (χ4v) is 2.93. The number of aromatic nitrogens is 2. The van der Waals surface area contributed by atoms with E-state index < -0.39 is 5.54 Å². The van der Waals surface area contributed by atoms with Gasteiger partial charge in [0, 0.05) is 5.02 Å². The molecular weight excluding hydrogens is 286 g/mol. The lowest BCUT2D eigenvalue weighted by atomic mass is 9.77. The Morgan fingerprint density at radius 1 is 1.29 bits per heavy atom. The third-order valence-corrected chi connectivity index (χ3v) is 4.60. The third-order valence-electron chi connectivity index (χ3n) is 4.35. The highest BCUT2D eigenvalue weighted by Crippen LogP contribution is 2.36. The Labute approximate surface area is 129 Å². The molecule has 0 saturated heterocycles. The van der Waals surface area contributed by atoms with E-state index in [1.54, 1.807) is 0 Å². The second-order valence-corrected chi connectivity index (χ2v) is 6.59. The van der Waals surface area contributed by atoms with Gasteiger partial charge in [-0.05, 0) is 49.3 Å². The molecule has 1 heterocycles. The Morgan fingerprint density at radius 3 is 2.62 bits per heavy atom. The Hall–Kier alpha value is -1.39. The first kappa shape index (κ1) is 14.5. The maximum absolute atomic E-state index is 6.47. The molecule has 0 atom stereocenters. The Morgan fingerprint density at radius 2 is 1.95 bits per heavy atom. The summed E-state index contributed by atoms with van der Waals surface area (Å²) in [6, 6.07) is 7.65. The van der Waals surface area contributed by atoms with Crippen molar-refractivity contribution < 1.29 is 4.52 Å². The molecule has 0 aliphatic heterocycles.